The van der Waals surface area contributed by atoms with Crippen LogP contribution >= 0.6 is 0 Å². The highest BCUT2D eigenvalue weighted by atomic mass is 32.2. The van der Waals surface area contributed by atoms with Crippen LogP contribution in [0, 0.1) is 6.92 Å². The molecule has 0 amide bonds. The molecule has 0 aliphatic rings. The lowest BCUT2D eigenvalue weighted by Crippen LogP contribution is -2.29. The summed E-state index contributed by atoms with van der Waals surface area (Å²) in [7, 11) is -4.11. The maximum Gasteiger partial charge on any atom is 0.308 e. The van der Waals surface area contributed by atoms with E-state index in [4.69, 9.17) is 8.92 Å². The Labute approximate surface area is 124 Å². The summed E-state index contributed by atoms with van der Waals surface area (Å²) in [6.45, 7) is 4.74. The lowest BCUT2D eigenvalue weighted by Gasteiger charge is -2.14. The Bertz CT molecular complexity index is 603. The molecule has 1 aromatic carbocycles. The molecule has 21 heavy (non-hydrogen) atoms. The SMILES string of the molecule is CCOC(=O)CC(OS(=O)(=O)c1ccc(C)cc1)C(C)=O. The number of aryl methyl sites for hydroxylation is 1. The molecule has 116 valence electrons. The number of carbonyl (C=O) groups is 2. The topological polar surface area (TPSA) is 86.7 Å². The van der Waals surface area contributed by atoms with Gasteiger partial charge in [0, 0.05) is 0 Å². The molecule has 0 saturated carbocycles. The van der Waals surface area contributed by atoms with Crippen molar-refractivity contribution in [1.29, 1.82) is 0 Å². The van der Waals surface area contributed by atoms with E-state index in [1.807, 2.05) is 6.92 Å². The van der Waals surface area contributed by atoms with Gasteiger partial charge in [0.05, 0.1) is 17.9 Å². The Morgan fingerprint density at radius 3 is 2.24 bits per heavy atom. The Morgan fingerprint density at radius 2 is 1.76 bits per heavy atom. The quantitative estimate of drug-likeness (QED) is 0.561. The van der Waals surface area contributed by atoms with Crippen LogP contribution in [0.25, 0.3) is 0 Å². The molecule has 1 aromatic rings. The molecular weight excluding hydrogens is 296 g/mol. The molecule has 0 spiro atoms. The fraction of sp³-hybridized carbons (Fsp3) is 0.429. The summed E-state index contributed by atoms with van der Waals surface area (Å²) in [4.78, 5) is 22.8. The smallest absolute Gasteiger partial charge is 0.308 e. The first-order valence-corrected chi connectivity index (χ1v) is 7.83. The third-order valence-electron chi connectivity index (χ3n) is 2.66. The number of hydrogen-bond acceptors (Lipinski definition) is 6. The minimum Gasteiger partial charge on any atom is -0.466 e. The fourth-order valence-corrected chi connectivity index (χ4v) is 2.62. The molecule has 0 aliphatic carbocycles. The van der Waals surface area contributed by atoms with E-state index in [9.17, 15) is 18.0 Å². The summed E-state index contributed by atoms with van der Waals surface area (Å²) in [5.74, 6) is -1.24. The second-order valence-electron chi connectivity index (χ2n) is 4.47. The number of ether oxygens (including phenoxy) is 1. The standard InChI is InChI=1S/C14H18O6S/c1-4-19-14(16)9-13(11(3)15)20-21(17,18)12-7-5-10(2)6-8-12/h5-8,13H,4,9H2,1-3H3. The summed E-state index contributed by atoms with van der Waals surface area (Å²) in [6, 6.07) is 5.99. The van der Waals surface area contributed by atoms with Crippen molar-refractivity contribution in [2.24, 2.45) is 0 Å². The number of Topliss-reactive ketones (excluding diaryl/α,β-unsaturated/α-hetero) is 1. The van der Waals surface area contributed by atoms with Crippen LogP contribution < -0.4 is 0 Å². The van der Waals surface area contributed by atoms with Gasteiger partial charge >= 0.3 is 5.97 Å². The van der Waals surface area contributed by atoms with E-state index in [0.717, 1.165) is 12.5 Å². The largest absolute Gasteiger partial charge is 0.466 e. The van der Waals surface area contributed by atoms with Crippen LogP contribution in [0.4, 0.5) is 0 Å². The van der Waals surface area contributed by atoms with Crippen LogP contribution in [0.15, 0.2) is 29.2 Å². The molecule has 0 aromatic heterocycles. The second-order valence-corrected chi connectivity index (χ2v) is 6.04. The lowest BCUT2D eigenvalue weighted by molar-refractivity contribution is -0.147. The zero-order valence-electron chi connectivity index (χ0n) is 12.2. The van der Waals surface area contributed by atoms with E-state index in [2.05, 4.69) is 0 Å². The van der Waals surface area contributed by atoms with Crippen molar-refractivity contribution >= 4 is 21.9 Å². The van der Waals surface area contributed by atoms with Crippen molar-refractivity contribution in [1.82, 2.24) is 0 Å². The molecule has 0 heterocycles. The van der Waals surface area contributed by atoms with E-state index >= 15 is 0 Å². The number of ketones is 1. The van der Waals surface area contributed by atoms with Crippen molar-refractivity contribution in [2.75, 3.05) is 6.61 Å². The Balaban J connectivity index is 2.89. The monoisotopic (exact) mass is 314 g/mol. The molecule has 1 rings (SSSR count). The van der Waals surface area contributed by atoms with Gasteiger partial charge < -0.3 is 4.74 Å². The summed E-state index contributed by atoms with van der Waals surface area (Å²) in [6.07, 6.45) is -1.82. The van der Waals surface area contributed by atoms with Crippen LogP contribution in [0.5, 0.6) is 0 Å². The third-order valence-corrected chi connectivity index (χ3v) is 4.00. The van der Waals surface area contributed by atoms with Gasteiger partial charge in [0.2, 0.25) is 0 Å². The second kappa shape index (κ2) is 7.33. The Morgan fingerprint density at radius 1 is 1.19 bits per heavy atom. The zero-order valence-corrected chi connectivity index (χ0v) is 13.0. The van der Waals surface area contributed by atoms with Gasteiger partial charge in [-0.3, -0.25) is 13.8 Å². The van der Waals surface area contributed by atoms with E-state index < -0.39 is 34.4 Å². The normalized spacial score (nSPS) is 12.7. The molecule has 0 fully saturated rings. The predicted octanol–water partition coefficient (Wildman–Crippen LogP) is 1.61. The van der Waals surface area contributed by atoms with Crippen molar-refractivity contribution in [3.05, 3.63) is 29.8 Å². The van der Waals surface area contributed by atoms with Gasteiger partial charge in [-0.15, -0.1) is 0 Å². The Kier molecular flexibility index (Phi) is 6.04. The highest BCUT2D eigenvalue weighted by molar-refractivity contribution is 7.86. The van der Waals surface area contributed by atoms with Crippen molar-refractivity contribution in [3.8, 4) is 0 Å². The molecule has 0 radical (unpaired) electrons. The molecule has 0 bridgehead atoms. The summed E-state index contributed by atoms with van der Waals surface area (Å²) in [5.41, 5.74) is 0.892. The Hall–Kier alpha value is -1.73. The first-order chi connectivity index (χ1) is 9.76. The number of hydrogen-bond donors (Lipinski definition) is 0. The maximum absolute atomic E-state index is 12.1. The average molecular weight is 314 g/mol. The third kappa shape index (κ3) is 5.28. The predicted molar refractivity (Wildman–Crippen MR) is 75.2 cm³/mol. The van der Waals surface area contributed by atoms with Crippen LogP contribution in [0.1, 0.15) is 25.8 Å². The number of carbonyl (C=O) groups excluding carboxylic acids is 2. The van der Waals surface area contributed by atoms with Crippen LogP contribution in [0.3, 0.4) is 0 Å². The van der Waals surface area contributed by atoms with Crippen LogP contribution in [-0.2, 0) is 28.6 Å². The van der Waals surface area contributed by atoms with E-state index in [1.165, 1.54) is 12.1 Å². The molecule has 0 saturated heterocycles. The summed E-state index contributed by atoms with van der Waals surface area (Å²) < 4.78 is 33.7. The van der Waals surface area contributed by atoms with Gasteiger partial charge in [0.15, 0.2) is 5.78 Å². The molecule has 0 N–H and O–H groups in total. The highest BCUT2D eigenvalue weighted by Gasteiger charge is 2.27. The average Bonchev–Trinajstić information content (AvgIpc) is 2.38. The number of esters is 1. The molecule has 1 unspecified atom stereocenters. The van der Waals surface area contributed by atoms with Crippen LogP contribution in [-0.4, -0.2) is 32.9 Å². The summed E-state index contributed by atoms with van der Waals surface area (Å²) in [5, 5.41) is 0. The highest BCUT2D eigenvalue weighted by Crippen LogP contribution is 2.17. The van der Waals surface area contributed by atoms with Gasteiger partial charge in [-0.05, 0) is 32.9 Å². The van der Waals surface area contributed by atoms with E-state index in [-0.39, 0.29) is 11.5 Å². The van der Waals surface area contributed by atoms with Gasteiger partial charge in [-0.2, -0.15) is 8.42 Å². The molecule has 1 atom stereocenters. The molecular formula is C14H18O6S. The molecule has 6 nitrogen and oxygen atoms in total. The lowest BCUT2D eigenvalue weighted by atomic mass is 10.2. The summed E-state index contributed by atoms with van der Waals surface area (Å²) >= 11 is 0. The minimum absolute atomic E-state index is 0.0665. The molecule has 0 aliphatic heterocycles. The van der Waals surface area contributed by atoms with Crippen molar-refractivity contribution in [2.45, 2.75) is 38.2 Å². The zero-order chi connectivity index (χ0) is 16.0. The first-order valence-electron chi connectivity index (χ1n) is 6.42. The molecule has 7 heteroatoms. The van der Waals surface area contributed by atoms with Crippen LogP contribution in [0.2, 0.25) is 0 Å². The fourth-order valence-electron chi connectivity index (χ4n) is 1.53. The minimum atomic E-state index is -4.11. The maximum atomic E-state index is 12.1. The van der Waals surface area contributed by atoms with Crippen molar-refractivity contribution < 1.29 is 26.9 Å². The number of rotatable bonds is 7. The van der Waals surface area contributed by atoms with E-state index in [1.54, 1.807) is 19.1 Å². The number of benzene rings is 1. The van der Waals surface area contributed by atoms with Gasteiger partial charge in [-0.1, -0.05) is 17.7 Å². The van der Waals surface area contributed by atoms with Gasteiger partial charge in [-0.25, -0.2) is 0 Å². The van der Waals surface area contributed by atoms with Gasteiger partial charge in [0.1, 0.15) is 6.10 Å². The first kappa shape index (κ1) is 17.3. The van der Waals surface area contributed by atoms with Crippen molar-refractivity contribution in [3.63, 3.8) is 0 Å². The van der Waals surface area contributed by atoms with Gasteiger partial charge in [0.25, 0.3) is 10.1 Å². The van der Waals surface area contributed by atoms with E-state index in [0.29, 0.717) is 0 Å².